The minimum atomic E-state index is -0.221. The summed E-state index contributed by atoms with van der Waals surface area (Å²) >= 11 is 0. The van der Waals surface area contributed by atoms with Crippen LogP contribution in [0.1, 0.15) is 18.4 Å². The Morgan fingerprint density at radius 1 is 1.40 bits per heavy atom. The number of anilines is 1. The van der Waals surface area contributed by atoms with Crippen LogP contribution in [0.2, 0.25) is 0 Å². The molecular weight excluding hydrogens is 252 g/mol. The standard InChI is InChI=1S/C16H16N2O2/c1-2-11-17-15(19)10-7-13-5-8-14(9-6-13)18-12-3-4-16(18)20/h1,5-10H,3-4,11-12H2,(H,17,19)/b10-7+. The van der Waals surface area contributed by atoms with E-state index in [1.165, 1.54) is 6.08 Å². The first-order valence-corrected chi connectivity index (χ1v) is 6.50. The zero-order valence-corrected chi connectivity index (χ0v) is 11.1. The maximum absolute atomic E-state index is 11.6. The van der Waals surface area contributed by atoms with Gasteiger partial charge in [-0.15, -0.1) is 6.42 Å². The summed E-state index contributed by atoms with van der Waals surface area (Å²) in [5.74, 6) is 2.28. The topological polar surface area (TPSA) is 49.4 Å². The molecule has 0 radical (unpaired) electrons. The van der Waals surface area contributed by atoms with Gasteiger partial charge < -0.3 is 10.2 Å². The SMILES string of the molecule is C#CCNC(=O)/C=C/c1ccc(N2CCCC2=O)cc1. The van der Waals surface area contributed by atoms with E-state index in [1.807, 2.05) is 24.3 Å². The summed E-state index contributed by atoms with van der Waals surface area (Å²) in [6.45, 7) is 1.00. The van der Waals surface area contributed by atoms with Crippen LogP contribution in [0.25, 0.3) is 6.08 Å². The van der Waals surface area contributed by atoms with E-state index in [4.69, 9.17) is 6.42 Å². The van der Waals surface area contributed by atoms with Crippen molar-refractivity contribution >= 4 is 23.6 Å². The molecule has 0 spiro atoms. The fourth-order valence-corrected chi connectivity index (χ4v) is 2.06. The van der Waals surface area contributed by atoms with Crippen molar-refractivity contribution in [2.24, 2.45) is 0 Å². The minimum Gasteiger partial charge on any atom is -0.342 e. The molecule has 0 aromatic heterocycles. The third-order valence-corrected chi connectivity index (χ3v) is 3.07. The van der Waals surface area contributed by atoms with Crippen molar-refractivity contribution in [2.75, 3.05) is 18.0 Å². The van der Waals surface area contributed by atoms with Gasteiger partial charge in [0.15, 0.2) is 0 Å². The summed E-state index contributed by atoms with van der Waals surface area (Å²) in [4.78, 5) is 24.8. The summed E-state index contributed by atoms with van der Waals surface area (Å²) in [5, 5.41) is 2.55. The van der Waals surface area contributed by atoms with Crippen molar-refractivity contribution in [2.45, 2.75) is 12.8 Å². The molecule has 2 rings (SSSR count). The van der Waals surface area contributed by atoms with Crippen LogP contribution in [0.15, 0.2) is 30.3 Å². The lowest BCUT2D eigenvalue weighted by Crippen LogP contribution is -2.23. The van der Waals surface area contributed by atoms with Gasteiger partial charge in [-0.1, -0.05) is 18.1 Å². The second-order valence-corrected chi connectivity index (χ2v) is 4.50. The van der Waals surface area contributed by atoms with Gasteiger partial charge in [-0.3, -0.25) is 9.59 Å². The predicted molar refractivity (Wildman–Crippen MR) is 78.9 cm³/mol. The molecule has 102 valence electrons. The average molecular weight is 268 g/mol. The van der Waals surface area contributed by atoms with E-state index in [1.54, 1.807) is 11.0 Å². The van der Waals surface area contributed by atoms with E-state index in [-0.39, 0.29) is 18.4 Å². The van der Waals surface area contributed by atoms with E-state index < -0.39 is 0 Å². The second-order valence-electron chi connectivity index (χ2n) is 4.50. The molecule has 1 saturated heterocycles. The Hall–Kier alpha value is -2.54. The first kappa shape index (κ1) is 13.9. The van der Waals surface area contributed by atoms with Gasteiger partial charge in [-0.25, -0.2) is 0 Å². The number of carbonyl (C=O) groups is 2. The largest absolute Gasteiger partial charge is 0.342 e. The highest BCUT2D eigenvalue weighted by molar-refractivity contribution is 5.95. The molecule has 1 aliphatic rings. The van der Waals surface area contributed by atoms with Gasteiger partial charge in [0.25, 0.3) is 0 Å². The second kappa shape index (κ2) is 6.58. The molecule has 0 aliphatic carbocycles. The smallest absolute Gasteiger partial charge is 0.244 e. The lowest BCUT2D eigenvalue weighted by molar-refractivity contribution is -0.117. The Morgan fingerprint density at radius 3 is 2.75 bits per heavy atom. The average Bonchev–Trinajstić information content (AvgIpc) is 2.89. The third-order valence-electron chi connectivity index (χ3n) is 3.07. The molecule has 1 aromatic carbocycles. The van der Waals surface area contributed by atoms with E-state index >= 15 is 0 Å². The first-order valence-electron chi connectivity index (χ1n) is 6.50. The number of nitrogens with one attached hydrogen (secondary N) is 1. The number of rotatable bonds is 4. The fourth-order valence-electron chi connectivity index (χ4n) is 2.06. The Kier molecular flexibility index (Phi) is 4.56. The monoisotopic (exact) mass is 268 g/mol. The highest BCUT2D eigenvalue weighted by Gasteiger charge is 2.21. The van der Waals surface area contributed by atoms with Crippen LogP contribution in [0.5, 0.6) is 0 Å². The summed E-state index contributed by atoms with van der Waals surface area (Å²) in [6.07, 6.45) is 9.73. The molecule has 0 atom stereocenters. The minimum absolute atomic E-state index is 0.168. The van der Waals surface area contributed by atoms with Gasteiger partial charge in [0.2, 0.25) is 11.8 Å². The molecule has 20 heavy (non-hydrogen) atoms. The van der Waals surface area contributed by atoms with Gasteiger partial charge in [-0.2, -0.15) is 0 Å². The molecule has 0 unspecified atom stereocenters. The zero-order chi connectivity index (χ0) is 14.4. The van der Waals surface area contributed by atoms with E-state index in [9.17, 15) is 9.59 Å². The van der Waals surface area contributed by atoms with E-state index in [2.05, 4.69) is 11.2 Å². The summed E-state index contributed by atoms with van der Waals surface area (Å²) in [6, 6.07) is 7.54. The third kappa shape index (κ3) is 3.48. The fraction of sp³-hybridized carbons (Fsp3) is 0.250. The van der Waals surface area contributed by atoms with Crippen LogP contribution in [0, 0.1) is 12.3 Å². The number of benzene rings is 1. The van der Waals surface area contributed by atoms with E-state index in [0.29, 0.717) is 6.42 Å². The van der Waals surface area contributed by atoms with Crippen molar-refractivity contribution < 1.29 is 9.59 Å². The van der Waals surface area contributed by atoms with Crippen LogP contribution >= 0.6 is 0 Å². The Labute approximate surface area is 118 Å². The number of nitrogens with zero attached hydrogens (tertiary/aromatic N) is 1. The lowest BCUT2D eigenvalue weighted by Gasteiger charge is -2.15. The quantitative estimate of drug-likeness (QED) is 0.665. The molecule has 4 heteroatoms. The number of hydrogen-bond donors (Lipinski definition) is 1. The van der Waals surface area contributed by atoms with E-state index in [0.717, 1.165) is 24.2 Å². The number of terminal acetylenes is 1. The lowest BCUT2D eigenvalue weighted by atomic mass is 10.2. The van der Waals surface area contributed by atoms with Gasteiger partial charge in [0.05, 0.1) is 6.54 Å². The van der Waals surface area contributed by atoms with Gasteiger partial charge in [0.1, 0.15) is 0 Å². The zero-order valence-electron chi connectivity index (χ0n) is 11.1. The van der Waals surface area contributed by atoms with Crippen molar-refractivity contribution in [1.82, 2.24) is 5.32 Å². The van der Waals surface area contributed by atoms with Gasteiger partial charge in [-0.05, 0) is 30.2 Å². The molecule has 1 N–H and O–H groups in total. The van der Waals surface area contributed by atoms with Crippen LogP contribution < -0.4 is 10.2 Å². The van der Waals surface area contributed by atoms with Crippen LogP contribution in [0.4, 0.5) is 5.69 Å². The molecule has 0 bridgehead atoms. The molecule has 1 aliphatic heterocycles. The molecule has 2 amide bonds. The summed E-state index contributed by atoms with van der Waals surface area (Å²) in [7, 11) is 0. The first-order chi connectivity index (χ1) is 9.70. The Morgan fingerprint density at radius 2 is 2.15 bits per heavy atom. The normalized spacial score (nSPS) is 14.6. The van der Waals surface area contributed by atoms with Crippen molar-refractivity contribution in [3.8, 4) is 12.3 Å². The Bertz CT molecular complexity index is 567. The van der Waals surface area contributed by atoms with Crippen LogP contribution in [-0.2, 0) is 9.59 Å². The van der Waals surface area contributed by atoms with Crippen molar-refractivity contribution in [3.63, 3.8) is 0 Å². The maximum atomic E-state index is 11.6. The number of amides is 2. The number of hydrogen-bond acceptors (Lipinski definition) is 2. The van der Waals surface area contributed by atoms with Crippen molar-refractivity contribution in [3.05, 3.63) is 35.9 Å². The molecule has 4 nitrogen and oxygen atoms in total. The summed E-state index contributed by atoms with van der Waals surface area (Å²) < 4.78 is 0. The predicted octanol–water partition coefficient (Wildman–Crippen LogP) is 1.58. The molecule has 1 heterocycles. The van der Waals surface area contributed by atoms with Crippen LogP contribution in [0.3, 0.4) is 0 Å². The van der Waals surface area contributed by atoms with Gasteiger partial charge >= 0.3 is 0 Å². The molecule has 0 saturated carbocycles. The highest BCUT2D eigenvalue weighted by Crippen LogP contribution is 2.21. The van der Waals surface area contributed by atoms with Crippen molar-refractivity contribution in [1.29, 1.82) is 0 Å². The van der Waals surface area contributed by atoms with Gasteiger partial charge in [0, 0.05) is 24.7 Å². The molecule has 1 aromatic rings. The maximum Gasteiger partial charge on any atom is 0.244 e. The van der Waals surface area contributed by atoms with Crippen LogP contribution in [-0.4, -0.2) is 24.9 Å². The highest BCUT2D eigenvalue weighted by atomic mass is 16.2. The molecular formula is C16H16N2O2. The molecule has 1 fully saturated rings. The number of carbonyl (C=O) groups excluding carboxylic acids is 2. The Balaban J connectivity index is 1.98. The summed E-state index contributed by atoms with van der Waals surface area (Å²) in [5.41, 5.74) is 1.80.